The predicted octanol–water partition coefficient (Wildman–Crippen LogP) is 2.78. The average Bonchev–Trinajstić information content (AvgIpc) is 2.41. The van der Waals surface area contributed by atoms with Gasteiger partial charge in [-0.05, 0) is 18.4 Å². The Bertz CT molecular complexity index is 589. The van der Waals surface area contributed by atoms with E-state index < -0.39 is 6.67 Å². The second kappa shape index (κ2) is 6.50. The smallest absolute Gasteiger partial charge is 0.336 e. The van der Waals surface area contributed by atoms with Crippen LogP contribution in [-0.4, -0.2) is 19.2 Å². The van der Waals surface area contributed by atoms with Crippen LogP contribution < -0.4 is 5.63 Å². The maximum Gasteiger partial charge on any atom is 0.336 e. The molecule has 0 atom stereocenters. The molecule has 0 amide bonds. The van der Waals surface area contributed by atoms with Crippen LogP contribution in [0.25, 0.3) is 0 Å². The van der Waals surface area contributed by atoms with Crippen molar-refractivity contribution < 1.29 is 13.5 Å². The van der Waals surface area contributed by atoms with E-state index in [1.165, 1.54) is 6.07 Å². The van der Waals surface area contributed by atoms with Gasteiger partial charge in [0.1, 0.15) is 19.0 Å². The summed E-state index contributed by atoms with van der Waals surface area (Å²) in [4.78, 5) is 15.8. The van der Waals surface area contributed by atoms with Crippen LogP contribution >= 0.6 is 0 Å². The Kier molecular flexibility index (Phi) is 4.71. The molecule has 2 rings (SSSR count). The largest absolute Gasteiger partial charge is 0.474 e. The van der Waals surface area contributed by atoms with Crippen LogP contribution in [0.15, 0.2) is 32.5 Å². The Hall–Kier alpha value is -1.91. The quantitative estimate of drug-likeness (QED) is 0.832. The molecule has 4 nitrogen and oxygen atoms in total. The van der Waals surface area contributed by atoms with Crippen LogP contribution in [0.2, 0.25) is 0 Å². The van der Waals surface area contributed by atoms with Gasteiger partial charge in [-0.1, -0.05) is 19.9 Å². The van der Waals surface area contributed by atoms with Gasteiger partial charge in [0.25, 0.3) is 0 Å². The van der Waals surface area contributed by atoms with Crippen molar-refractivity contribution in [3.05, 3.63) is 45.6 Å². The molecule has 20 heavy (non-hydrogen) atoms. The van der Waals surface area contributed by atoms with E-state index >= 15 is 0 Å². The minimum Gasteiger partial charge on any atom is -0.474 e. The summed E-state index contributed by atoms with van der Waals surface area (Å²) in [6, 6.07) is 1.47. The molecule has 0 saturated carbocycles. The molecule has 0 N–H and O–H groups in total. The number of hydrogen-bond acceptors (Lipinski definition) is 4. The maximum atomic E-state index is 12.3. The van der Waals surface area contributed by atoms with Gasteiger partial charge < -0.3 is 9.15 Å². The van der Waals surface area contributed by atoms with E-state index in [9.17, 15) is 9.18 Å². The highest BCUT2D eigenvalue weighted by molar-refractivity contribution is 5.98. The van der Waals surface area contributed by atoms with Crippen LogP contribution in [0, 0.1) is 0 Å². The number of rotatable bonds is 5. The summed E-state index contributed by atoms with van der Waals surface area (Å²) in [6.07, 6.45) is 3.09. The molecule has 0 unspecified atom stereocenters. The summed E-state index contributed by atoms with van der Waals surface area (Å²) in [5.74, 6) is 0.821. The van der Waals surface area contributed by atoms with E-state index in [1.807, 2.05) is 0 Å². The van der Waals surface area contributed by atoms with Crippen molar-refractivity contribution in [2.75, 3.05) is 13.3 Å². The molecule has 108 valence electrons. The summed E-state index contributed by atoms with van der Waals surface area (Å²) in [5, 5.41) is 0. The summed E-state index contributed by atoms with van der Waals surface area (Å²) in [5.41, 5.74) is 1.71. The lowest BCUT2D eigenvalue weighted by Crippen LogP contribution is -2.21. The number of aliphatic imine (C=N–C) groups is 1. The number of fused-ring (bicyclic) bond motifs is 1. The molecule has 0 spiro atoms. The first-order chi connectivity index (χ1) is 9.65. The fourth-order valence-corrected chi connectivity index (χ4v) is 2.20. The minimum absolute atomic E-state index is 0.0715. The highest BCUT2D eigenvalue weighted by Gasteiger charge is 2.24. The van der Waals surface area contributed by atoms with Gasteiger partial charge in [0.2, 0.25) is 5.90 Å². The van der Waals surface area contributed by atoms with Crippen LogP contribution in [0.5, 0.6) is 0 Å². The van der Waals surface area contributed by atoms with Gasteiger partial charge in [0.05, 0.1) is 5.56 Å². The Labute approximate surface area is 117 Å². The molecular weight excluding hydrogens is 261 g/mol. The number of unbranched alkanes of at least 4 members (excludes halogenated alkanes) is 1. The van der Waals surface area contributed by atoms with Gasteiger partial charge in [-0.3, -0.25) is 0 Å². The number of allylic oxidation sites excluding steroid dienone is 1. The van der Waals surface area contributed by atoms with Gasteiger partial charge in [-0.2, -0.15) is 0 Å². The van der Waals surface area contributed by atoms with E-state index in [1.54, 1.807) is 0 Å². The Morgan fingerprint density at radius 3 is 3.05 bits per heavy atom. The second-order valence-electron chi connectivity index (χ2n) is 4.69. The molecule has 0 aromatic carbocycles. The number of aryl methyl sites for hydroxylation is 1. The number of nitrogens with zero attached hydrogens (tertiary/aromatic N) is 1. The average molecular weight is 279 g/mol. The zero-order chi connectivity index (χ0) is 14.5. The molecule has 2 heterocycles. The molecule has 1 aromatic heterocycles. The summed E-state index contributed by atoms with van der Waals surface area (Å²) >= 11 is 0. The number of hydrogen-bond donors (Lipinski definition) is 0. The van der Waals surface area contributed by atoms with Crippen molar-refractivity contribution in [2.45, 2.75) is 32.6 Å². The fourth-order valence-electron chi connectivity index (χ4n) is 2.20. The third-order valence-electron chi connectivity index (χ3n) is 3.07. The van der Waals surface area contributed by atoms with E-state index in [-0.39, 0.29) is 12.2 Å². The number of halogens is 1. The summed E-state index contributed by atoms with van der Waals surface area (Å²) in [6.45, 7) is 5.18. The molecule has 5 heteroatoms. The van der Waals surface area contributed by atoms with Crippen molar-refractivity contribution in [1.29, 1.82) is 0 Å². The Morgan fingerprint density at radius 1 is 1.55 bits per heavy atom. The topological polar surface area (TPSA) is 51.8 Å². The lowest BCUT2D eigenvalue weighted by atomic mass is 9.98. The minimum atomic E-state index is -0.595. The van der Waals surface area contributed by atoms with E-state index in [0.29, 0.717) is 29.3 Å². The maximum absolute atomic E-state index is 12.3. The van der Waals surface area contributed by atoms with Crippen LogP contribution in [0.3, 0.4) is 0 Å². The van der Waals surface area contributed by atoms with Gasteiger partial charge in [0.15, 0.2) is 0 Å². The Balaban J connectivity index is 2.45. The zero-order valence-electron chi connectivity index (χ0n) is 11.6. The second-order valence-corrected chi connectivity index (χ2v) is 4.69. The lowest BCUT2D eigenvalue weighted by Gasteiger charge is -2.19. The summed E-state index contributed by atoms with van der Waals surface area (Å²) < 4.78 is 22.9. The highest BCUT2D eigenvalue weighted by atomic mass is 19.1. The molecule has 0 bridgehead atoms. The molecule has 0 radical (unpaired) electrons. The zero-order valence-corrected chi connectivity index (χ0v) is 11.6. The first-order valence-corrected chi connectivity index (χ1v) is 6.77. The van der Waals surface area contributed by atoms with Crippen molar-refractivity contribution in [3.63, 3.8) is 0 Å². The first-order valence-electron chi connectivity index (χ1n) is 6.77. The van der Waals surface area contributed by atoms with Crippen LogP contribution in [0.1, 0.15) is 36.7 Å². The highest BCUT2D eigenvalue weighted by Crippen LogP contribution is 2.24. The molecule has 1 aliphatic rings. The van der Waals surface area contributed by atoms with Crippen LogP contribution in [0.4, 0.5) is 4.39 Å². The standard InChI is InChI=1S/C15H18FNO3/c1-3-4-5-11-9-13(18)20-12-8-10(2)17-15(14(11)12)19-7-6-16/h9H,2-8H2,1H3. The molecule has 0 aliphatic carbocycles. The molecule has 0 fully saturated rings. The summed E-state index contributed by atoms with van der Waals surface area (Å²) in [7, 11) is 0. The first kappa shape index (κ1) is 14.5. The SMILES string of the molecule is C=C1Cc2oc(=O)cc(CCCC)c2C(OCCF)=N1. The Morgan fingerprint density at radius 2 is 2.35 bits per heavy atom. The monoisotopic (exact) mass is 279 g/mol. The van der Waals surface area contributed by atoms with Gasteiger partial charge in [-0.25, -0.2) is 14.2 Å². The third-order valence-corrected chi connectivity index (χ3v) is 3.07. The third kappa shape index (κ3) is 3.15. The molecule has 1 aromatic rings. The van der Waals surface area contributed by atoms with E-state index in [0.717, 1.165) is 24.8 Å². The van der Waals surface area contributed by atoms with Crippen molar-refractivity contribution >= 4 is 5.90 Å². The lowest BCUT2D eigenvalue weighted by molar-refractivity contribution is 0.260. The molecule has 0 saturated heterocycles. The molecule has 1 aliphatic heterocycles. The number of ether oxygens (including phenoxy) is 1. The van der Waals surface area contributed by atoms with E-state index in [2.05, 4.69) is 18.5 Å². The fraction of sp³-hybridized carbons (Fsp3) is 0.467. The number of alkyl halides is 1. The van der Waals surface area contributed by atoms with E-state index in [4.69, 9.17) is 9.15 Å². The van der Waals surface area contributed by atoms with Gasteiger partial charge in [-0.15, -0.1) is 0 Å². The van der Waals surface area contributed by atoms with Crippen molar-refractivity contribution in [3.8, 4) is 0 Å². The van der Waals surface area contributed by atoms with Gasteiger partial charge in [0, 0.05) is 18.2 Å². The van der Waals surface area contributed by atoms with Crippen molar-refractivity contribution in [2.24, 2.45) is 4.99 Å². The molecular formula is C15H18FNO3. The van der Waals surface area contributed by atoms with Crippen molar-refractivity contribution in [1.82, 2.24) is 0 Å². The van der Waals surface area contributed by atoms with Crippen LogP contribution in [-0.2, 0) is 17.6 Å². The predicted molar refractivity (Wildman–Crippen MR) is 74.9 cm³/mol. The normalized spacial score (nSPS) is 13.9. The van der Waals surface area contributed by atoms with Gasteiger partial charge >= 0.3 is 5.63 Å².